The second-order valence-corrected chi connectivity index (χ2v) is 8.78. The minimum atomic E-state index is -0.610. The summed E-state index contributed by atoms with van der Waals surface area (Å²) in [5.74, 6) is -0.803. The Morgan fingerprint density at radius 3 is 2.41 bits per heavy atom. The smallest absolute Gasteiger partial charge is 0.329 e. The Hall–Kier alpha value is -2.38. The van der Waals surface area contributed by atoms with Gasteiger partial charge in [0.25, 0.3) is 0 Å². The van der Waals surface area contributed by atoms with E-state index in [1.807, 2.05) is 13.8 Å². The molecule has 1 heterocycles. The van der Waals surface area contributed by atoms with E-state index in [9.17, 15) is 19.2 Å². The second kappa shape index (κ2) is 10.4. The predicted octanol–water partition coefficient (Wildman–Crippen LogP) is 1.49. The number of nitrogens with one attached hydrogen (secondary N) is 1. The number of hydrogen-bond acceptors (Lipinski definition) is 5. The van der Waals surface area contributed by atoms with E-state index in [2.05, 4.69) is 5.32 Å². The fraction of sp³-hybridized carbons (Fsp3) is 0.714. The number of esters is 1. The van der Waals surface area contributed by atoms with Gasteiger partial charge in [-0.05, 0) is 46.5 Å². The molecule has 1 aliphatic heterocycles. The molecule has 0 aromatic carbocycles. The third kappa shape index (κ3) is 7.18. The average molecular weight is 410 g/mol. The number of nitrogens with zero attached hydrogens (tertiary/aromatic N) is 2. The molecule has 1 aliphatic rings. The third-order valence-corrected chi connectivity index (χ3v) is 4.81. The molecule has 8 heteroatoms. The Morgan fingerprint density at radius 2 is 1.90 bits per heavy atom. The highest BCUT2D eigenvalue weighted by Gasteiger charge is 2.37. The van der Waals surface area contributed by atoms with Crippen molar-refractivity contribution in [2.45, 2.75) is 72.1 Å². The molecule has 2 atom stereocenters. The van der Waals surface area contributed by atoms with Crippen molar-refractivity contribution in [1.82, 2.24) is 15.1 Å². The van der Waals surface area contributed by atoms with E-state index in [4.69, 9.17) is 4.74 Å². The lowest BCUT2D eigenvalue weighted by atomic mass is 9.99. The molecule has 0 spiro atoms. The summed E-state index contributed by atoms with van der Waals surface area (Å²) in [6, 6.07) is -0.902. The highest BCUT2D eigenvalue weighted by Crippen LogP contribution is 2.24. The van der Waals surface area contributed by atoms with Gasteiger partial charge in [0, 0.05) is 19.2 Å². The van der Waals surface area contributed by atoms with Crippen LogP contribution in [0.25, 0.3) is 0 Å². The first-order valence-corrected chi connectivity index (χ1v) is 10.0. The molecule has 0 aliphatic carbocycles. The summed E-state index contributed by atoms with van der Waals surface area (Å²) < 4.78 is 5.47. The minimum Gasteiger partial charge on any atom is -0.458 e. The zero-order valence-corrected chi connectivity index (χ0v) is 18.7. The first kappa shape index (κ1) is 24.7. The standard InChI is InChI=1S/C21H35N3O5/c1-14(2)17(23(7)18(26)12-22-13-25)11-15(3)19(27)24-10-8-9-16(24)20(28)29-21(4,5)6/h11,13-14,16-17H,8-10,12H2,1-7H3,(H,22,25)/t16-,17?/m0/s1. The molecule has 1 unspecified atom stereocenters. The van der Waals surface area contributed by atoms with Gasteiger partial charge in [0.05, 0.1) is 12.6 Å². The molecule has 164 valence electrons. The highest BCUT2D eigenvalue weighted by molar-refractivity contribution is 5.96. The molecule has 1 fully saturated rings. The van der Waals surface area contributed by atoms with Gasteiger partial charge in [-0.3, -0.25) is 14.4 Å². The molecule has 1 rings (SSSR count). The summed E-state index contributed by atoms with van der Waals surface area (Å²) in [6.07, 6.45) is 3.56. The molecule has 0 radical (unpaired) electrons. The van der Waals surface area contributed by atoms with Crippen molar-refractivity contribution in [1.29, 1.82) is 0 Å². The summed E-state index contributed by atoms with van der Waals surface area (Å²) >= 11 is 0. The number of carbonyl (C=O) groups is 4. The fourth-order valence-corrected chi connectivity index (χ4v) is 3.35. The lowest BCUT2D eigenvalue weighted by molar-refractivity contribution is -0.162. The number of carbonyl (C=O) groups excluding carboxylic acids is 4. The van der Waals surface area contributed by atoms with Gasteiger partial charge in [0.15, 0.2) is 0 Å². The van der Waals surface area contributed by atoms with Crippen LogP contribution < -0.4 is 5.32 Å². The maximum atomic E-state index is 13.0. The van der Waals surface area contributed by atoms with Crippen LogP contribution in [0, 0.1) is 5.92 Å². The summed E-state index contributed by atoms with van der Waals surface area (Å²) in [5, 5.41) is 2.36. The van der Waals surface area contributed by atoms with Gasteiger partial charge in [-0.15, -0.1) is 0 Å². The molecule has 0 aromatic heterocycles. The van der Waals surface area contributed by atoms with Gasteiger partial charge in [-0.2, -0.15) is 0 Å². The van der Waals surface area contributed by atoms with Gasteiger partial charge in [-0.25, -0.2) is 4.79 Å². The van der Waals surface area contributed by atoms with E-state index >= 15 is 0 Å². The molecule has 1 N–H and O–H groups in total. The Bertz CT molecular complexity index is 651. The largest absolute Gasteiger partial charge is 0.458 e. The maximum absolute atomic E-state index is 13.0. The van der Waals surface area contributed by atoms with E-state index in [1.54, 1.807) is 45.7 Å². The van der Waals surface area contributed by atoms with Crippen LogP contribution in [0.4, 0.5) is 0 Å². The van der Waals surface area contributed by atoms with Crippen molar-refractivity contribution in [2.24, 2.45) is 5.92 Å². The molecular formula is C21H35N3O5. The first-order valence-electron chi connectivity index (χ1n) is 10.0. The monoisotopic (exact) mass is 409 g/mol. The van der Waals surface area contributed by atoms with Gasteiger partial charge in [0.1, 0.15) is 11.6 Å². The van der Waals surface area contributed by atoms with Crippen molar-refractivity contribution in [3.05, 3.63) is 11.6 Å². The second-order valence-electron chi connectivity index (χ2n) is 8.78. The zero-order valence-electron chi connectivity index (χ0n) is 18.7. The number of likely N-dealkylation sites (N-methyl/N-ethyl adjacent to an activating group) is 1. The number of hydrogen-bond donors (Lipinski definition) is 1. The van der Waals surface area contributed by atoms with Gasteiger partial charge in [-0.1, -0.05) is 19.9 Å². The van der Waals surface area contributed by atoms with Crippen LogP contribution in [-0.2, 0) is 23.9 Å². The van der Waals surface area contributed by atoms with Crippen molar-refractivity contribution in [3.63, 3.8) is 0 Å². The van der Waals surface area contributed by atoms with Crippen LogP contribution in [-0.4, -0.2) is 71.8 Å². The van der Waals surface area contributed by atoms with Crippen molar-refractivity contribution >= 4 is 24.2 Å². The minimum absolute atomic E-state index is 0.0585. The first-order chi connectivity index (χ1) is 13.4. The van der Waals surface area contributed by atoms with Crippen LogP contribution >= 0.6 is 0 Å². The number of ether oxygens (including phenoxy) is 1. The van der Waals surface area contributed by atoms with Gasteiger partial charge in [0.2, 0.25) is 18.2 Å². The van der Waals surface area contributed by atoms with E-state index < -0.39 is 11.6 Å². The number of rotatable bonds is 8. The molecule has 0 bridgehead atoms. The van der Waals surface area contributed by atoms with Crippen LogP contribution in [0.1, 0.15) is 54.4 Å². The molecule has 29 heavy (non-hydrogen) atoms. The topological polar surface area (TPSA) is 96.0 Å². The summed E-state index contributed by atoms with van der Waals surface area (Å²) in [7, 11) is 1.65. The SMILES string of the molecule is CC(=CC(C(C)C)N(C)C(=O)CNC=O)C(=O)N1CCC[C@H]1C(=O)OC(C)(C)C. The summed E-state index contributed by atoms with van der Waals surface area (Å²) in [5.41, 5.74) is -0.136. The van der Waals surface area contributed by atoms with Crippen molar-refractivity contribution in [3.8, 4) is 0 Å². The quantitative estimate of drug-likeness (QED) is 0.372. The number of likely N-dealkylation sites (tertiary alicyclic amines) is 1. The fourth-order valence-electron chi connectivity index (χ4n) is 3.35. The van der Waals surface area contributed by atoms with Crippen molar-refractivity contribution < 1.29 is 23.9 Å². The average Bonchev–Trinajstić information content (AvgIpc) is 3.10. The van der Waals surface area contributed by atoms with E-state index in [-0.39, 0.29) is 36.3 Å². The summed E-state index contributed by atoms with van der Waals surface area (Å²) in [6.45, 7) is 11.4. The predicted molar refractivity (Wildman–Crippen MR) is 110 cm³/mol. The van der Waals surface area contributed by atoms with Crippen LogP contribution in [0.5, 0.6) is 0 Å². The third-order valence-electron chi connectivity index (χ3n) is 4.81. The van der Waals surface area contributed by atoms with Crippen LogP contribution in [0.3, 0.4) is 0 Å². The van der Waals surface area contributed by atoms with Crippen molar-refractivity contribution in [2.75, 3.05) is 20.1 Å². The highest BCUT2D eigenvalue weighted by atomic mass is 16.6. The van der Waals surface area contributed by atoms with Gasteiger partial charge < -0.3 is 19.9 Å². The molecule has 1 saturated heterocycles. The Kier molecular flexibility index (Phi) is 8.85. The lowest BCUT2D eigenvalue weighted by Crippen LogP contribution is -2.45. The molecule has 8 nitrogen and oxygen atoms in total. The van der Waals surface area contributed by atoms with E-state index in [1.165, 1.54) is 4.90 Å². The Morgan fingerprint density at radius 1 is 1.28 bits per heavy atom. The molecular weight excluding hydrogens is 374 g/mol. The van der Waals surface area contributed by atoms with E-state index in [0.29, 0.717) is 24.9 Å². The van der Waals surface area contributed by atoms with Crippen LogP contribution in [0.15, 0.2) is 11.6 Å². The van der Waals surface area contributed by atoms with Crippen LogP contribution in [0.2, 0.25) is 0 Å². The Labute approximate surface area is 173 Å². The molecule has 0 aromatic rings. The summed E-state index contributed by atoms with van der Waals surface area (Å²) in [4.78, 5) is 51.3. The normalized spacial score (nSPS) is 18.4. The maximum Gasteiger partial charge on any atom is 0.329 e. The lowest BCUT2D eigenvalue weighted by Gasteiger charge is -2.31. The molecule has 3 amide bonds. The Balaban J connectivity index is 2.97. The number of amides is 3. The zero-order chi connectivity index (χ0) is 22.4. The van der Waals surface area contributed by atoms with Gasteiger partial charge >= 0.3 is 5.97 Å². The van der Waals surface area contributed by atoms with E-state index in [0.717, 1.165) is 6.42 Å². The molecule has 0 saturated carbocycles.